The predicted octanol–water partition coefficient (Wildman–Crippen LogP) is 2.82. The standard InChI is InChI=1S/C17H27N3O2/c1-17(2,3)22-16(21)19-11-15-7-5-9-20(13-15)12-14-6-4-8-18-10-14/h4,6,8,10,15H,5,7,9,11-13H2,1-3H3,(H,19,21)/t15-/m1/s1. The van der Waals surface area contributed by atoms with Gasteiger partial charge in [-0.25, -0.2) is 4.79 Å². The molecule has 2 rings (SSSR count). The SMILES string of the molecule is CC(C)(C)OC(=O)NC[C@H]1CCCN(Cc2cccnc2)C1. The Kier molecular flexibility index (Phi) is 5.77. The zero-order valence-corrected chi connectivity index (χ0v) is 13.8. The molecule has 1 fully saturated rings. The van der Waals surface area contributed by atoms with Crippen LogP contribution in [0.4, 0.5) is 4.79 Å². The molecule has 1 aliphatic rings. The summed E-state index contributed by atoms with van der Waals surface area (Å²) in [6.07, 6.45) is 5.72. The fraction of sp³-hybridized carbons (Fsp3) is 0.647. The van der Waals surface area contributed by atoms with Crippen molar-refractivity contribution in [3.8, 4) is 0 Å². The Morgan fingerprint density at radius 3 is 3.00 bits per heavy atom. The molecule has 5 heteroatoms. The lowest BCUT2D eigenvalue weighted by molar-refractivity contribution is 0.0506. The van der Waals surface area contributed by atoms with Crippen molar-refractivity contribution in [2.45, 2.75) is 45.8 Å². The van der Waals surface area contributed by atoms with Crippen molar-refractivity contribution in [1.29, 1.82) is 0 Å². The van der Waals surface area contributed by atoms with Crippen molar-refractivity contribution in [1.82, 2.24) is 15.2 Å². The van der Waals surface area contributed by atoms with Gasteiger partial charge in [-0.2, -0.15) is 0 Å². The topological polar surface area (TPSA) is 54.5 Å². The van der Waals surface area contributed by atoms with Gasteiger partial charge < -0.3 is 10.1 Å². The number of nitrogens with one attached hydrogen (secondary N) is 1. The molecule has 0 saturated carbocycles. The summed E-state index contributed by atoms with van der Waals surface area (Å²) >= 11 is 0. The van der Waals surface area contributed by atoms with E-state index in [1.807, 2.05) is 33.0 Å². The minimum atomic E-state index is -0.441. The largest absolute Gasteiger partial charge is 0.444 e. The lowest BCUT2D eigenvalue weighted by atomic mass is 9.97. The zero-order valence-electron chi connectivity index (χ0n) is 13.8. The van der Waals surface area contributed by atoms with Crippen LogP contribution in [0.2, 0.25) is 0 Å². The fourth-order valence-corrected chi connectivity index (χ4v) is 2.75. The molecule has 5 nitrogen and oxygen atoms in total. The number of carbonyl (C=O) groups excluding carboxylic acids is 1. The van der Waals surface area contributed by atoms with E-state index in [9.17, 15) is 4.79 Å². The van der Waals surface area contributed by atoms with E-state index in [0.717, 1.165) is 26.1 Å². The Morgan fingerprint density at radius 1 is 1.50 bits per heavy atom. The number of hydrogen-bond donors (Lipinski definition) is 1. The predicted molar refractivity (Wildman–Crippen MR) is 86.5 cm³/mol. The van der Waals surface area contributed by atoms with Gasteiger partial charge in [0.25, 0.3) is 0 Å². The molecule has 1 aromatic rings. The molecule has 0 bridgehead atoms. The molecule has 122 valence electrons. The molecule has 0 unspecified atom stereocenters. The summed E-state index contributed by atoms with van der Waals surface area (Å²) in [5.41, 5.74) is 0.798. The molecule has 1 saturated heterocycles. The molecule has 1 atom stereocenters. The highest BCUT2D eigenvalue weighted by Gasteiger charge is 2.22. The van der Waals surface area contributed by atoms with Crippen LogP contribution in [0.5, 0.6) is 0 Å². The summed E-state index contributed by atoms with van der Waals surface area (Å²) in [5, 5.41) is 2.89. The van der Waals surface area contributed by atoms with Gasteiger partial charge in [-0.1, -0.05) is 6.07 Å². The van der Waals surface area contributed by atoms with Gasteiger partial charge in [0.15, 0.2) is 0 Å². The fourth-order valence-electron chi connectivity index (χ4n) is 2.75. The molecule has 1 aliphatic heterocycles. The number of amides is 1. The average Bonchev–Trinajstić information content (AvgIpc) is 2.45. The van der Waals surface area contributed by atoms with Crippen LogP contribution in [0, 0.1) is 5.92 Å². The molecular formula is C17H27N3O2. The van der Waals surface area contributed by atoms with E-state index < -0.39 is 5.60 Å². The van der Waals surface area contributed by atoms with Crippen molar-refractivity contribution in [2.75, 3.05) is 19.6 Å². The van der Waals surface area contributed by atoms with Crippen LogP contribution in [0.3, 0.4) is 0 Å². The number of carbonyl (C=O) groups is 1. The van der Waals surface area contributed by atoms with Crippen LogP contribution in [0.25, 0.3) is 0 Å². The second-order valence-electron chi connectivity index (χ2n) is 6.99. The van der Waals surface area contributed by atoms with Crippen molar-refractivity contribution in [2.24, 2.45) is 5.92 Å². The lowest BCUT2D eigenvalue weighted by Gasteiger charge is -2.33. The van der Waals surface area contributed by atoms with Crippen molar-refractivity contribution < 1.29 is 9.53 Å². The minimum Gasteiger partial charge on any atom is -0.444 e. The first kappa shape index (κ1) is 16.7. The molecule has 0 aliphatic carbocycles. The molecule has 1 N–H and O–H groups in total. The Balaban J connectivity index is 1.75. The van der Waals surface area contributed by atoms with Crippen LogP contribution in [0.15, 0.2) is 24.5 Å². The van der Waals surface area contributed by atoms with Crippen LogP contribution < -0.4 is 5.32 Å². The van der Waals surface area contributed by atoms with E-state index in [1.54, 1.807) is 6.20 Å². The van der Waals surface area contributed by atoms with E-state index in [2.05, 4.69) is 21.3 Å². The van der Waals surface area contributed by atoms with Crippen molar-refractivity contribution in [3.63, 3.8) is 0 Å². The Bertz CT molecular complexity index is 471. The highest BCUT2D eigenvalue weighted by Crippen LogP contribution is 2.18. The number of aromatic nitrogens is 1. The molecule has 1 aromatic heterocycles. The Hall–Kier alpha value is -1.62. The van der Waals surface area contributed by atoms with Crippen molar-refractivity contribution >= 4 is 6.09 Å². The van der Waals surface area contributed by atoms with Crippen molar-refractivity contribution in [3.05, 3.63) is 30.1 Å². The van der Waals surface area contributed by atoms with Gasteiger partial charge in [-0.05, 0) is 57.7 Å². The van der Waals surface area contributed by atoms with Gasteiger partial charge in [0.2, 0.25) is 0 Å². The van der Waals surface area contributed by atoms with Gasteiger partial charge in [0.1, 0.15) is 5.60 Å². The third-order valence-electron chi connectivity index (χ3n) is 3.67. The number of rotatable bonds is 4. The first-order valence-electron chi connectivity index (χ1n) is 8.00. The molecule has 0 spiro atoms. The number of alkyl carbamates (subject to hydrolysis) is 1. The Morgan fingerprint density at radius 2 is 2.32 bits per heavy atom. The van der Waals surface area contributed by atoms with Gasteiger partial charge in [0, 0.05) is 32.0 Å². The average molecular weight is 305 g/mol. The van der Waals surface area contributed by atoms with Crippen LogP contribution in [-0.2, 0) is 11.3 Å². The maximum atomic E-state index is 11.7. The van der Waals surface area contributed by atoms with Gasteiger partial charge >= 0.3 is 6.09 Å². The van der Waals surface area contributed by atoms with E-state index in [4.69, 9.17) is 4.74 Å². The maximum absolute atomic E-state index is 11.7. The molecule has 0 radical (unpaired) electrons. The molecule has 22 heavy (non-hydrogen) atoms. The normalized spacial score (nSPS) is 19.7. The smallest absolute Gasteiger partial charge is 0.407 e. The van der Waals surface area contributed by atoms with E-state index in [1.165, 1.54) is 12.0 Å². The second-order valence-corrected chi connectivity index (χ2v) is 6.99. The molecule has 0 aromatic carbocycles. The molecule has 2 heterocycles. The summed E-state index contributed by atoms with van der Waals surface area (Å²) < 4.78 is 5.28. The van der Waals surface area contributed by atoms with Crippen LogP contribution in [0.1, 0.15) is 39.2 Å². The summed E-state index contributed by atoms with van der Waals surface area (Å²) in [7, 11) is 0. The Labute approximate surface area is 133 Å². The van der Waals surface area contributed by atoms with Crippen LogP contribution >= 0.6 is 0 Å². The summed E-state index contributed by atoms with van der Waals surface area (Å²) in [6.45, 7) is 9.35. The maximum Gasteiger partial charge on any atom is 0.407 e. The number of ether oxygens (including phenoxy) is 1. The van der Waals surface area contributed by atoms with Gasteiger partial charge in [-0.15, -0.1) is 0 Å². The summed E-state index contributed by atoms with van der Waals surface area (Å²) in [4.78, 5) is 18.3. The number of nitrogens with zero attached hydrogens (tertiary/aromatic N) is 2. The first-order valence-corrected chi connectivity index (χ1v) is 8.00. The first-order chi connectivity index (χ1) is 10.4. The molecular weight excluding hydrogens is 278 g/mol. The number of piperidine rings is 1. The summed E-state index contributed by atoms with van der Waals surface area (Å²) in [6, 6.07) is 4.08. The number of pyridine rings is 1. The van der Waals surface area contributed by atoms with Gasteiger partial charge in [-0.3, -0.25) is 9.88 Å². The summed E-state index contributed by atoms with van der Waals surface area (Å²) in [5.74, 6) is 0.484. The number of likely N-dealkylation sites (tertiary alicyclic amines) is 1. The number of hydrogen-bond acceptors (Lipinski definition) is 4. The van der Waals surface area contributed by atoms with E-state index in [0.29, 0.717) is 12.5 Å². The second kappa shape index (κ2) is 7.58. The zero-order chi connectivity index (χ0) is 16.0. The lowest BCUT2D eigenvalue weighted by Crippen LogP contribution is -2.41. The molecule has 1 amide bonds. The van der Waals surface area contributed by atoms with E-state index in [-0.39, 0.29) is 6.09 Å². The third kappa shape index (κ3) is 6.02. The van der Waals surface area contributed by atoms with Gasteiger partial charge in [0.05, 0.1) is 0 Å². The minimum absolute atomic E-state index is 0.322. The van der Waals surface area contributed by atoms with E-state index >= 15 is 0 Å². The monoisotopic (exact) mass is 305 g/mol. The third-order valence-corrected chi connectivity index (χ3v) is 3.67. The highest BCUT2D eigenvalue weighted by molar-refractivity contribution is 5.67. The quantitative estimate of drug-likeness (QED) is 0.929. The highest BCUT2D eigenvalue weighted by atomic mass is 16.6. The van der Waals surface area contributed by atoms with Crippen LogP contribution in [-0.4, -0.2) is 41.2 Å².